The topological polar surface area (TPSA) is 49.8 Å². The lowest BCUT2D eigenvalue weighted by molar-refractivity contribution is 0.0235. The summed E-state index contributed by atoms with van der Waals surface area (Å²) in [5.41, 5.74) is 0.652. The maximum Gasteiger partial charge on any atom is 0.410 e. The lowest BCUT2D eigenvalue weighted by atomic mass is 10.0. The quantitative estimate of drug-likeness (QED) is 0.794. The fourth-order valence-electron chi connectivity index (χ4n) is 2.29. The van der Waals surface area contributed by atoms with Crippen LogP contribution in [0.15, 0.2) is 12.1 Å². The maximum absolute atomic E-state index is 13.9. The second-order valence-corrected chi connectivity index (χ2v) is 6.07. The normalized spacial score (nSPS) is 15.5. The van der Waals surface area contributed by atoms with Crippen LogP contribution in [0.5, 0.6) is 5.75 Å². The lowest BCUT2D eigenvalue weighted by Gasteiger charge is -2.26. The SMILES string of the molecule is CC(C)(C)OC(=O)N1CCCc2cc(O)cc(F)c2C1. The van der Waals surface area contributed by atoms with Gasteiger partial charge in [0.15, 0.2) is 0 Å². The van der Waals surface area contributed by atoms with Crippen molar-refractivity contribution < 1.29 is 19.0 Å². The van der Waals surface area contributed by atoms with Gasteiger partial charge in [-0.3, -0.25) is 0 Å². The van der Waals surface area contributed by atoms with Gasteiger partial charge in [-0.1, -0.05) is 0 Å². The number of amides is 1. The minimum absolute atomic E-state index is 0.0769. The zero-order valence-corrected chi connectivity index (χ0v) is 12.1. The van der Waals surface area contributed by atoms with Crippen molar-refractivity contribution in [3.63, 3.8) is 0 Å². The number of carbonyl (C=O) groups is 1. The van der Waals surface area contributed by atoms with E-state index >= 15 is 0 Å². The highest BCUT2D eigenvalue weighted by molar-refractivity contribution is 5.68. The molecule has 5 heteroatoms. The third-order valence-corrected chi connectivity index (χ3v) is 3.15. The van der Waals surface area contributed by atoms with Gasteiger partial charge in [-0.25, -0.2) is 9.18 Å². The molecule has 1 aliphatic heterocycles. The Bertz CT molecular complexity index is 523. The Labute approximate surface area is 118 Å². The zero-order chi connectivity index (χ0) is 14.9. The first-order valence-corrected chi connectivity index (χ1v) is 6.74. The van der Waals surface area contributed by atoms with Crippen LogP contribution >= 0.6 is 0 Å². The van der Waals surface area contributed by atoms with Crippen LogP contribution < -0.4 is 0 Å². The van der Waals surface area contributed by atoms with Crippen molar-refractivity contribution in [3.05, 3.63) is 29.1 Å². The summed E-state index contributed by atoms with van der Waals surface area (Å²) in [6.45, 7) is 6.10. The smallest absolute Gasteiger partial charge is 0.410 e. The average molecular weight is 281 g/mol. The molecule has 0 saturated heterocycles. The highest BCUT2D eigenvalue weighted by Gasteiger charge is 2.26. The third-order valence-electron chi connectivity index (χ3n) is 3.15. The number of fused-ring (bicyclic) bond motifs is 1. The fraction of sp³-hybridized carbons (Fsp3) is 0.533. The lowest BCUT2D eigenvalue weighted by Crippen LogP contribution is -2.36. The minimum Gasteiger partial charge on any atom is -0.508 e. The van der Waals surface area contributed by atoms with Gasteiger partial charge in [-0.05, 0) is 45.2 Å². The monoisotopic (exact) mass is 281 g/mol. The minimum atomic E-state index is -0.570. The van der Waals surface area contributed by atoms with Crippen molar-refractivity contribution in [2.75, 3.05) is 6.54 Å². The molecule has 0 atom stereocenters. The van der Waals surface area contributed by atoms with Crippen LogP contribution in [0.4, 0.5) is 9.18 Å². The number of carbonyl (C=O) groups excluding carboxylic acids is 1. The largest absolute Gasteiger partial charge is 0.508 e. The molecular formula is C15H20FNO3. The number of aromatic hydroxyl groups is 1. The summed E-state index contributed by atoms with van der Waals surface area (Å²) in [7, 11) is 0. The van der Waals surface area contributed by atoms with E-state index in [2.05, 4.69) is 0 Å². The number of hydrogen-bond donors (Lipinski definition) is 1. The molecule has 0 radical (unpaired) electrons. The maximum atomic E-state index is 13.9. The van der Waals surface area contributed by atoms with Gasteiger partial charge >= 0.3 is 6.09 Å². The second kappa shape index (κ2) is 5.31. The van der Waals surface area contributed by atoms with Crippen molar-refractivity contribution in [1.82, 2.24) is 4.90 Å². The molecule has 1 aliphatic rings. The Morgan fingerprint density at radius 2 is 2.10 bits per heavy atom. The van der Waals surface area contributed by atoms with Crippen molar-refractivity contribution in [1.29, 1.82) is 0 Å². The molecule has 0 unspecified atom stereocenters. The van der Waals surface area contributed by atoms with Gasteiger partial charge in [-0.15, -0.1) is 0 Å². The first-order chi connectivity index (χ1) is 9.26. The molecule has 20 heavy (non-hydrogen) atoms. The number of aryl methyl sites for hydroxylation is 1. The Balaban J connectivity index is 2.22. The van der Waals surface area contributed by atoms with Crippen LogP contribution in [0, 0.1) is 5.82 Å². The van der Waals surface area contributed by atoms with E-state index in [4.69, 9.17) is 4.74 Å². The van der Waals surface area contributed by atoms with Crippen LogP contribution in [0.3, 0.4) is 0 Å². The van der Waals surface area contributed by atoms with Crippen molar-refractivity contribution in [2.24, 2.45) is 0 Å². The molecule has 110 valence electrons. The van der Waals surface area contributed by atoms with Crippen LogP contribution in [0.25, 0.3) is 0 Å². The molecule has 1 aromatic carbocycles. The van der Waals surface area contributed by atoms with E-state index in [-0.39, 0.29) is 12.3 Å². The number of halogens is 1. The number of phenols is 1. The number of rotatable bonds is 0. The molecule has 2 rings (SSSR count). The second-order valence-electron chi connectivity index (χ2n) is 6.07. The van der Waals surface area contributed by atoms with E-state index in [9.17, 15) is 14.3 Å². The van der Waals surface area contributed by atoms with Gasteiger partial charge in [0.2, 0.25) is 0 Å². The summed E-state index contributed by atoms with van der Waals surface area (Å²) in [6, 6.07) is 2.65. The van der Waals surface area contributed by atoms with Gasteiger partial charge in [0.25, 0.3) is 0 Å². The van der Waals surface area contributed by atoms with E-state index < -0.39 is 17.5 Å². The first-order valence-electron chi connectivity index (χ1n) is 6.74. The van der Waals surface area contributed by atoms with Crippen molar-refractivity contribution in [2.45, 2.75) is 45.8 Å². The summed E-state index contributed by atoms with van der Waals surface area (Å²) >= 11 is 0. The van der Waals surface area contributed by atoms with Crippen LogP contribution in [0.1, 0.15) is 38.3 Å². The van der Waals surface area contributed by atoms with Crippen LogP contribution in [-0.2, 0) is 17.7 Å². The van der Waals surface area contributed by atoms with E-state index in [1.54, 1.807) is 26.8 Å². The molecule has 0 saturated carbocycles. The molecule has 1 amide bonds. The standard InChI is InChI=1S/C15H20FNO3/c1-15(2,3)20-14(19)17-6-4-5-10-7-11(18)8-13(16)12(10)9-17/h7-8,18H,4-6,9H2,1-3H3. The van der Waals surface area contributed by atoms with E-state index in [0.717, 1.165) is 18.1 Å². The summed E-state index contributed by atoms with van der Waals surface area (Å²) in [5.74, 6) is -0.553. The Morgan fingerprint density at radius 3 is 2.75 bits per heavy atom. The van der Waals surface area contributed by atoms with Crippen molar-refractivity contribution in [3.8, 4) is 5.75 Å². The highest BCUT2D eigenvalue weighted by atomic mass is 19.1. The Kier molecular flexibility index (Phi) is 3.88. The van der Waals surface area contributed by atoms with E-state index in [1.807, 2.05) is 0 Å². The molecule has 1 heterocycles. The number of benzene rings is 1. The molecule has 4 nitrogen and oxygen atoms in total. The summed E-state index contributed by atoms with van der Waals surface area (Å²) < 4.78 is 19.3. The molecule has 0 aromatic heterocycles. The van der Waals surface area contributed by atoms with E-state index in [0.29, 0.717) is 18.5 Å². The molecule has 1 N–H and O–H groups in total. The number of nitrogens with zero attached hydrogens (tertiary/aromatic N) is 1. The Morgan fingerprint density at radius 1 is 1.40 bits per heavy atom. The zero-order valence-electron chi connectivity index (χ0n) is 12.1. The molecule has 0 spiro atoms. The predicted molar refractivity (Wildman–Crippen MR) is 73.0 cm³/mol. The number of hydrogen-bond acceptors (Lipinski definition) is 3. The predicted octanol–water partition coefficient (Wildman–Crippen LogP) is 3.21. The molecule has 0 fully saturated rings. The number of phenolic OH excluding ortho intramolecular Hbond substituents is 1. The number of ether oxygens (including phenoxy) is 1. The summed E-state index contributed by atoms with van der Waals surface area (Å²) in [6.07, 6.45) is 0.924. The summed E-state index contributed by atoms with van der Waals surface area (Å²) in [5, 5.41) is 9.44. The van der Waals surface area contributed by atoms with Gasteiger partial charge in [0.1, 0.15) is 17.2 Å². The molecular weight excluding hydrogens is 261 g/mol. The van der Waals surface area contributed by atoms with Gasteiger partial charge < -0.3 is 14.7 Å². The molecule has 0 aliphatic carbocycles. The van der Waals surface area contributed by atoms with Crippen LogP contribution in [-0.4, -0.2) is 28.2 Å². The Hall–Kier alpha value is -1.78. The molecule has 0 bridgehead atoms. The van der Waals surface area contributed by atoms with Gasteiger partial charge in [-0.2, -0.15) is 0 Å². The van der Waals surface area contributed by atoms with Crippen molar-refractivity contribution >= 4 is 6.09 Å². The average Bonchev–Trinajstić information content (AvgIpc) is 2.49. The van der Waals surface area contributed by atoms with Gasteiger partial charge in [0.05, 0.1) is 6.54 Å². The first kappa shape index (κ1) is 14.6. The van der Waals surface area contributed by atoms with Crippen LogP contribution in [0.2, 0.25) is 0 Å². The van der Waals surface area contributed by atoms with Gasteiger partial charge in [0, 0.05) is 18.2 Å². The van der Waals surface area contributed by atoms with E-state index in [1.165, 1.54) is 4.90 Å². The summed E-state index contributed by atoms with van der Waals surface area (Å²) in [4.78, 5) is 13.6. The molecule has 1 aromatic rings. The fourth-order valence-corrected chi connectivity index (χ4v) is 2.29. The highest BCUT2D eigenvalue weighted by Crippen LogP contribution is 2.26. The third kappa shape index (κ3) is 3.40.